The molecule has 0 bridgehead atoms. The maximum atomic E-state index is 12.2. The second-order valence-electron chi connectivity index (χ2n) is 6.88. The summed E-state index contributed by atoms with van der Waals surface area (Å²) in [5.74, 6) is 0.0268. The normalized spacial score (nSPS) is 14.2. The molecule has 2 N–H and O–H groups in total. The van der Waals surface area contributed by atoms with E-state index in [1.165, 1.54) is 14.2 Å². The van der Waals surface area contributed by atoms with E-state index in [4.69, 9.17) is 9.47 Å². The van der Waals surface area contributed by atoms with Gasteiger partial charge in [0.05, 0.1) is 26.1 Å². The molecule has 1 aromatic heterocycles. The zero-order valence-electron chi connectivity index (χ0n) is 16.7. The van der Waals surface area contributed by atoms with Crippen LogP contribution in [-0.2, 0) is 9.59 Å². The Balaban J connectivity index is 1.44. The lowest BCUT2D eigenvalue weighted by Crippen LogP contribution is -2.41. The molecule has 0 aliphatic carbocycles. The predicted molar refractivity (Wildman–Crippen MR) is 110 cm³/mol. The molecule has 8 nitrogen and oxygen atoms in total. The molecule has 1 aromatic carbocycles. The highest BCUT2D eigenvalue weighted by atomic mass is 16.5. The summed E-state index contributed by atoms with van der Waals surface area (Å²) in [7, 11) is 3.04. The summed E-state index contributed by atoms with van der Waals surface area (Å²) in [4.78, 5) is 30.8. The number of carbonyl (C=O) groups is 2. The molecule has 2 heterocycles. The minimum absolute atomic E-state index is 0.348. The number of rotatable bonds is 6. The lowest BCUT2D eigenvalue weighted by Gasteiger charge is -2.33. The molecular formula is C21H26N4O4. The molecule has 3 rings (SSSR count). The van der Waals surface area contributed by atoms with Crippen LogP contribution in [0.1, 0.15) is 12.8 Å². The molecule has 1 aliphatic rings. The monoisotopic (exact) mass is 398 g/mol. The molecule has 0 radical (unpaired) electrons. The van der Waals surface area contributed by atoms with Crippen molar-refractivity contribution >= 4 is 23.2 Å². The quantitative estimate of drug-likeness (QED) is 0.724. The van der Waals surface area contributed by atoms with E-state index in [0.29, 0.717) is 29.6 Å². The van der Waals surface area contributed by atoms with Crippen molar-refractivity contribution in [3.63, 3.8) is 0 Å². The molecular weight excluding hydrogens is 372 g/mol. The van der Waals surface area contributed by atoms with Crippen molar-refractivity contribution in [1.82, 2.24) is 10.3 Å². The lowest BCUT2D eigenvalue weighted by atomic mass is 9.96. The number of nitrogens with zero attached hydrogens (tertiary/aromatic N) is 2. The van der Waals surface area contributed by atoms with Crippen LogP contribution in [0.15, 0.2) is 42.7 Å². The summed E-state index contributed by atoms with van der Waals surface area (Å²) in [5, 5.41) is 5.32. The van der Waals surface area contributed by atoms with E-state index in [2.05, 4.69) is 20.5 Å². The smallest absolute Gasteiger partial charge is 0.313 e. The number of piperidine rings is 1. The highest BCUT2D eigenvalue weighted by Crippen LogP contribution is 2.29. The van der Waals surface area contributed by atoms with E-state index < -0.39 is 11.8 Å². The standard InChI is InChI=1S/C21H26N4O4/c1-28-18-6-5-16(12-19(18)29-2)24-21(27)20(26)23-13-15-7-10-25(11-8-15)17-4-3-9-22-14-17/h3-6,9,12,14-15H,7-8,10-11,13H2,1-2H3,(H,23,26)(H,24,27). The van der Waals surface area contributed by atoms with Gasteiger partial charge in [-0.25, -0.2) is 0 Å². The Morgan fingerprint density at radius 1 is 1.10 bits per heavy atom. The average Bonchev–Trinajstić information content (AvgIpc) is 2.78. The van der Waals surface area contributed by atoms with E-state index in [1.807, 2.05) is 18.3 Å². The second kappa shape index (κ2) is 9.77. The Morgan fingerprint density at radius 2 is 1.86 bits per heavy atom. The van der Waals surface area contributed by atoms with Gasteiger partial charge < -0.3 is 25.0 Å². The van der Waals surface area contributed by atoms with Crippen molar-refractivity contribution in [1.29, 1.82) is 0 Å². The third-order valence-corrected chi connectivity index (χ3v) is 5.02. The highest BCUT2D eigenvalue weighted by molar-refractivity contribution is 6.39. The van der Waals surface area contributed by atoms with Crippen LogP contribution >= 0.6 is 0 Å². The largest absolute Gasteiger partial charge is 0.493 e. The highest BCUT2D eigenvalue weighted by Gasteiger charge is 2.22. The number of amides is 2. The zero-order chi connectivity index (χ0) is 20.6. The second-order valence-corrected chi connectivity index (χ2v) is 6.88. The zero-order valence-corrected chi connectivity index (χ0v) is 16.7. The van der Waals surface area contributed by atoms with Gasteiger partial charge in [-0.3, -0.25) is 14.6 Å². The minimum atomic E-state index is -0.704. The molecule has 154 valence electrons. The number of carbonyl (C=O) groups excluding carboxylic acids is 2. The maximum Gasteiger partial charge on any atom is 0.313 e. The Bertz CT molecular complexity index is 836. The van der Waals surface area contributed by atoms with Gasteiger partial charge in [-0.05, 0) is 43.0 Å². The molecule has 0 unspecified atom stereocenters. The molecule has 1 aliphatic heterocycles. The van der Waals surface area contributed by atoms with Gasteiger partial charge in [-0.15, -0.1) is 0 Å². The van der Waals surface area contributed by atoms with E-state index >= 15 is 0 Å². The lowest BCUT2D eigenvalue weighted by molar-refractivity contribution is -0.136. The number of hydrogen-bond donors (Lipinski definition) is 2. The van der Waals surface area contributed by atoms with Gasteiger partial charge in [-0.2, -0.15) is 0 Å². The Hall–Kier alpha value is -3.29. The summed E-state index contributed by atoms with van der Waals surface area (Å²) >= 11 is 0. The third-order valence-electron chi connectivity index (χ3n) is 5.02. The van der Waals surface area contributed by atoms with E-state index in [0.717, 1.165) is 31.6 Å². The Kier molecular flexibility index (Phi) is 6.89. The van der Waals surface area contributed by atoms with Crippen LogP contribution in [0.25, 0.3) is 0 Å². The van der Waals surface area contributed by atoms with Crippen LogP contribution in [0.5, 0.6) is 11.5 Å². The van der Waals surface area contributed by atoms with Crippen LogP contribution in [-0.4, -0.2) is 50.7 Å². The van der Waals surface area contributed by atoms with Gasteiger partial charge in [0.1, 0.15) is 0 Å². The van der Waals surface area contributed by atoms with Gasteiger partial charge in [-0.1, -0.05) is 0 Å². The van der Waals surface area contributed by atoms with Crippen molar-refractivity contribution in [3.05, 3.63) is 42.7 Å². The van der Waals surface area contributed by atoms with E-state index in [-0.39, 0.29) is 0 Å². The van der Waals surface area contributed by atoms with Crippen molar-refractivity contribution in [3.8, 4) is 11.5 Å². The summed E-state index contributed by atoms with van der Waals surface area (Å²) in [5.41, 5.74) is 1.58. The molecule has 29 heavy (non-hydrogen) atoms. The van der Waals surface area contributed by atoms with Crippen LogP contribution in [0.2, 0.25) is 0 Å². The van der Waals surface area contributed by atoms with Crippen LogP contribution < -0.4 is 25.0 Å². The number of benzene rings is 1. The molecule has 8 heteroatoms. The van der Waals surface area contributed by atoms with Crippen molar-refractivity contribution in [2.75, 3.05) is 44.1 Å². The average molecular weight is 398 g/mol. The van der Waals surface area contributed by atoms with E-state index in [9.17, 15) is 9.59 Å². The van der Waals surface area contributed by atoms with Gasteiger partial charge in [0, 0.05) is 37.6 Å². The summed E-state index contributed by atoms with van der Waals surface area (Å²) in [6, 6.07) is 8.91. The van der Waals surface area contributed by atoms with Gasteiger partial charge in [0.2, 0.25) is 0 Å². The number of methoxy groups -OCH3 is 2. The van der Waals surface area contributed by atoms with Crippen LogP contribution in [0.4, 0.5) is 11.4 Å². The molecule has 1 saturated heterocycles. The molecule has 0 atom stereocenters. The number of pyridine rings is 1. The number of hydrogen-bond acceptors (Lipinski definition) is 6. The minimum Gasteiger partial charge on any atom is -0.493 e. The topological polar surface area (TPSA) is 92.8 Å². The first-order valence-corrected chi connectivity index (χ1v) is 9.57. The molecule has 2 amide bonds. The van der Waals surface area contributed by atoms with Gasteiger partial charge in [0.25, 0.3) is 0 Å². The molecule has 0 saturated carbocycles. The van der Waals surface area contributed by atoms with Crippen LogP contribution in [0, 0.1) is 5.92 Å². The summed E-state index contributed by atoms with van der Waals surface area (Å²) in [6.07, 6.45) is 5.53. The Labute approximate surface area is 170 Å². The fourth-order valence-electron chi connectivity index (χ4n) is 3.36. The number of anilines is 2. The van der Waals surface area contributed by atoms with Gasteiger partial charge in [0.15, 0.2) is 11.5 Å². The van der Waals surface area contributed by atoms with Crippen LogP contribution in [0.3, 0.4) is 0 Å². The fourth-order valence-corrected chi connectivity index (χ4v) is 3.36. The first-order chi connectivity index (χ1) is 14.1. The Morgan fingerprint density at radius 3 is 2.52 bits per heavy atom. The molecule has 2 aromatic rings. The molecule has 1 fully saturated rings. The summed E-state index contributed by atoms with van der Waals surface area (Å²) in [6.45, 7) is 2.30. The van der Waals surface area contributed by atoms with E-state index in [1.54, 1.807) is 24.4 Å². The van der Waals surface area contributed by atoms with Crippen molar-refractivity contribution < 1.29 is 19.1 Å². The maximum absolute atomic E-state index is 12.2. The van der Waals surface area contributed by atoms with Crippen molar-refractivity contribution in [2.24, 2.45) is 5.92 Å². The third kappa shape index (κ3) is 5.37. The number of ether oxygens (including phenoxy) is 2. The van der Waals surface area contributed by atoms with Gasteiger partial charge >= 0.3 is 11.8 Å². The molecule has 0 spiro atoms. The summed E-state index contributed by atoms with van der Waals surface area (Å²) < 4.78 is 10.4. The first-order valence-electron chi connectivity index (χ1n) is 9.57. The predicted octanol–water partition coefficient (Wildman–Crippen LogP) is 2.07. The van der Waals surface area contributed by atoms with Crippen molar-refractivity contribution in [2.45, 2.75) is 12.8 Å². The number of nitrogens with one attached hydrogen (secondary N) is 2. The fraction of sp³-hybridized carbons (Fsp3) is 0.381. The number of aromatic nitrogens is 1. The SMILES string of the molecule is COc1ccc(NC(=O)C(=O)NCC2CCN(c3cccnc3)CC2)cc1OC. The first kappa shape index (κ1) is 20.4.